The van der Waals surface area contributed by atoms with Crippen molar-refractivity contribution in [1.82, 2.24) is 0 Å². The van der Waals surface area contributed by atoms with Gasteiger partial charge in [-0.05, 0) is 126 Å². The summed E-state index contributed by atoms with van der Waals surface area (Å²) in [7, 11) is 0. The summed E-state index contributed by atoms with van der Waals surface area (Å²) < 4.78 is 0. The van der Waals surface area contributed by atoms with Crippen molar-refractivity contribution in [1.29, 1.82) is 0 Å². The lowest BCUT2D eigenvalue weighted by molar-refractivity contribution is 1.29. The molecule has 0 heterocycles. The second-order valence-corrected chi connectivity index (χ2v) is 13.5. The van der Waals surface area contributed by atoms with Crippen LogP contribution in [0.3, 0.4) is 0 Å². The third-order valence-corrected chi connectivity index (χ3v) is 10.2. The lowest BCUT2D eigenvalue weighted by Gasteiger charge is -2.27. The standard InChI is InChI=1S/C51H37N/c1-36-13-10-19-41(32-45-18-6-7-25-50(45)51-26-9-8-24-49(36)51)39-20-11-21-40(31-39)44-22-12-23-46(35-44)52(47-29-27-37-14-2-4-16-42(37)33-47)48-30-28-38-15-3-5-17-43(38)34-48/h2-35H,1H3. The maximum atomic E-state index is 2.38. The van der Waals surface area contributed by atoms with Gasteiger partial charge in [0.2, 0.25) is 0 Å². The van der Waals surface area contributed by atoms with Gasteiger partial charge in [-0.15, -0.1) is 0 Å². The molecular formula is C51H37N. The summed E-state index contributed by atoms with van der Waals surface area (Å²) in [6.07, 6.45) is 0. The van der Waals surface area contributed by atoms with Crippen molar-refractivity contribution in [3.8, 4) is 22.3 Å². The van der Waals surface area contributed by atoms with Crippen molar-refractivity contribution < 1.29 is 0 Å². The molecule has 0 aliphatic rings. The Morgan fingerprint density at radius 1 is 0.269 bits per heavy atom. The molecule has 0 aliphatic heterocycles. The average molecular weight is 664 g/mol. The van der Waals surface area contributed by atoms with E-state index in [1.54, 1.807) is 0 Å². The van der Waals surface area contributed by atoms with Crippen LogP contribution < -0.4 is 4.90 Å². The normalized spacial score (nSPS) is 11.2. The molecule has 0 aliphatic carbocycles. The first-order valence-electron chi connectivity index (χ1n) is 17.9. The number of aryl methyl sites for hydroxylation is 1. The van der Waals surface area contributed by atoms with Crippen LogP contribution in [0.1, 0.15) is 5.56 Å². The topological polar surface area (TPSA) is 3.24 Å². The van der Waals surface area contributed by atoms with E-state index in [1.807, 2.05) is 0 Å². The van der Waals surface area contributed by atoms with Crippen molar-refractivity contribution in [2.45, 2.75) is 6.92 Å². The Balaban J connectivity index is 1.18. The van der Waals surface area contributed by atoms with Crippen molar-refractivity contribution in [3.05, 3.63) is 212 Å². The molecule has 0 bridgehead atoms. The lowest BCUT2D eigenvalue weighted by atomic mass is 9.97. The van der Waals surface area contributed by atoms with E-state index in [-0.39, 0.29) is 0 Å². The number of nitrogens with zero attached hydrogens (tertiary/aromatic N) is 1. The van der Waals surface area contributed by atoms with E-state index < -0.39 is 0 Å². The predicted molar refractivity (Wildman–Crippen MR) is 224 cm³/mol. The fourth-order valence-corrected chi connectivity index (χ4v) is 7.49. The molecule has 246 valence electrons. The highest BCUT2D eigenvalue weighted by Crippen LogP contribution is 2.39. The highest BCUT2D eigenvalue weighted by molar-refractivity contribution is 6.06. The molecule has 0 amide bonds. The fraction of sp³-hybridized carbons (Fsp3) is 0.0196. The summed E-state index contributed by atoms with van der Waals surface area (Å²) in [6.45, 7) is 2.20. The van der Waals surface area contributed by atoms with Crippen LogP contribution in [-0.4, -0.2) is 0 Å². The zero-order chi connectivity index (χ0) is 34.9. The van der Waals surface area contributed by atoms with Crippen molar-refractivity contribution in [3.63, 3.8) is 0 Å². The summed E-state index contributed by atoms with van der Waals surface area (Å²) in [6, 6.07) is 74.9. The first kappa shape index (κ1) is 31.3. The molecular weight excluding hydrogens is 627 g/mol. The Morgan fingerprint density at radius 3 is 1.35 bits per heavy atom. The van der Waals surface area contributed by atoms with Gasteiger partial charge in [0.25, 0.3) is 0 Å². The molecule has 1 nitrogen and oxygen atoms in total. The molecule has 0 fully saturated rings. The first-order valence-corrected chi connectivity index (χ1v) is 17.9. The number of anilines is 3. The zero-order valence-corrected chi connectivity index (χ0v) is 29.1. The molecule has 0 aromatic heterocycles. The van der Waals surface area contributed by atoms with Crippen LogP contribution in [0.4, 0.5) is 17.1 Å². The number of fused-ring (bicyclic) bond motifs is 5. The van der Waals surface area contributed by atoms with Crippen molar-refractivity contribution in [2.24, 2.45) is 0 Å². The molecule has 0 atom stereocenters. The monoisotopic (exact) mass is 663 g/mol. The summed E-state index contributed by atoms with van der Waals surface area (Å²) in [5.74, 6) is 0. The molecule has 0 unspecified atom stereocenters. The largest absolute Gasteiger partial charge is 0.310 e. The number of hydrogen-bond acceptors (Lipinski definition) is 1. The lowest BCUT2D eigenvalue weighted by Crippen LogP contribution is -2.10. The Kier molecular flexibility index (Phi) is 8.15. The molecule has 9 aromatic carbocycles. The molecule has 9 rings (SSSR count). The molecule has 9 aromatic rings. The summed E-state index contributed by atoms with van der Waals surface area (Å²) in [5, 5.41) is 9.87. The number of hydrogen-bond donors (Lipinski definition) is 0. The third-order valence-electron chi connectivity index (χ3n) is 10.2. The third kappa shape index (κ3) is 6.04. The van der Waals surface area contributed by atoms with E-state index in [4.69, 9.17) is 0 Å². The van der Waals surface area contributed by atoms with E-state index in [9.17, 15) is 0 Å². The Bertz CT molecular complexity index is 2750. The highest BCUT2D eigenvalue weighted by atomic mass is 15.1. The highest BCUT2D eigenvalue weighted by Gasteiger charge is 2.15. The van der Waals surface area contributed by atoms with Crippen LogP contribution >= 0.6 is 0 Å². The molecule has 52 heavy (non-hydrogen) atoms. The number of rotatable bonds is 5. The minimum atomic E-state index is 1.11. The van der Waals surface area contributed by atoms with E-state index in [1.165, 1.54) is 70.9 Å². The van der Waals surface area contributed by atoms with E-state index in [2.05, 4.69) is 218 Å². The SMILES string of the molecule is Cc1cccc(-c2cccc(-c3cccc(N(c4ccc5ccccc5c4)c4ccc5ccccc5c4)c3)c2)cc2ccccc2c2ccccc12. The minimum Gasteiger partial charge on any atom is -0.310 e. The van der Waals surface area contributed by atoms with Gasteiger partial charge in [0.1, 0.15) is 0 Å². The maximum absolute atomic E-state index is 2.38. The van der Waals surface area contributed by atoms with Crippen LogP contribution in [0.25, 0.3) is 65.3 Å². The molecule has 0 saturated carbocycles. The van der Waals surface area contributed by atoms with Gasteiger partial charge in [-0.2, -0.15) is 0 Å². The Morgan fingerprint density at radius 2 is 0.712 bits per heavy atom. The second kappa shape index (κ2) is 13.5. The van der Waals surface area contributed by atoms with E-state index in [0.717, 1.165) is 17.1 Å². The maximum Gasteiger partial charge on any atom is 0.0468 e. The van der Waals surface area contributed by atoms with Gasteiger partial charge >= 0.3 is 0 Å². The van der Waals surface area contributed by atoms with Gasteiger partial charge in [0, 0.05) is 17.1 Å². The number of benzene rings is 8. The fourth-order valence-electron chi connectivity index (χ4n) is 7.49. The van der Waals surface area contributed by atoms with Crippen LogP contribution in [-0.2, 0) is 0 Å². The molecule has 0 N–H and O–H groups in total. The van der Waals surface area contributed by atoms with Crippen LogP contribution in [0, 0.1) is 6.92 Å². The molecule has 0 radical (unpaired) electrons. The predicted octanol–water partition coefficient (Wildman–Crippen LogP) is 14.5. The minimum absolute atomic E-state index is 1.11. The van der Waals surface area contributed by atoms with Gasteiger partial charge in [0.05, 0.1) is 0 Å². The zero-order valence-electron chi connectivity index (χ0n) is 29.1. The Hall–Kier alpha value is -6.70. The summed E-state index contributed by atoms with van der Waals surface area (Å²) in [4.78, 5) is 2.38. The first-order chi connectivity index (χ1) is 25.7. The summed E-state index contributed by atoms with van der Waals surface area (Å²) >= 11 is 0. The van der Waals surface area contributed by atoms with Crippen molar-refractivity contribution in [2.75, 3.05) is 4.90 Å². The quantitative estimate of drug-likeness (QED) is 0.177. The van der Waals surface area contributed by atoms with E-state index >= 15 is 0 Å². The van der Waals surface area contributed by atoms with Gasteiger partial charge in [-0.1, -0.05) is 158 Å². The van der Waals surface area contributed by atoms with Crippen LogP contribution in [0.5, 0.6) is 0 Å². The van der Waals surface area contributed by atoms with E-state index in [0.29, 0.717) is 0 Å². The van der Waals surface area contributed by atoms with Gasteiger partial charge in [-0.25, -0.2) is 0 Å². The van der Waals surface area contributed by atoms with Crippen LogP contribution in [0.2, 0.25) is 0 Å². The van der Waals surface area contributed by atoms with Gasteiger partial charge in [-0.3, -0.25) is 0 Å². The summed E-state index contributed by atoms with van der Waals surface area (Å²) in [5.41, 5.74) is 9.29. The molecule has 0 saturated heterocycles. The van der Waals surface area contributed by atoms with Crippen LogP contribution in [0.15, 0.2) is 206 Å². The molecule has 0 spiro atoms. The molecule has 1 heteroatoms. The van der Waals surface area contributed by atoms with Gasteiger partial charge in [0.15, 0.2) is 0 Å². The van der Waals surface area contributed by atoms with Crippen molar-refractivity contribution >= 4 is 60.2 Å². The van der Waals surface area contributed by atoms with Gasteiger partial charge < -0.3 is 4.90 Å². The Labute approximate surface area is 305 Å². The smallest absolute Gasteiger partial charge is 0.0468 e. The average Bonchev–Trinajstić information content (AvgIpc) is 3.20. The second-order valence-electron chi connectivity index (χ2n) is 13.5.